The van der Waals surface area contributed by atoms with E-state index < -0.39 is 12.1 Å². The first kappa shape index (κ1) is 16.9. The van der Waals surface area contributed by atoms with Crippen LogP contribution in [0.4, 0.5) is 4.79 Å². The van der Waals surface area contributed by atoms with Gasteiger partial charge in [-0.1, -0.05) is 0 Å². The number of benzene rings is 3. The number of carbonyl (C=O) groups is 1. The molecular formula is C20H18GeO2S. The molecule has 0 atom stereocenters. The third-order valence-electron chi connectivity index (χ3n) is 3.94. The summed E-state index contributed by atoms with van der Waals surface area (Å²) in [5.74, 6) is 0. The van der Waals surface area contributed by atoms with E-state index in [1.54, 1.807) is 0 Å². The van der Waals surface area contributed by atoms with Gasteiger partial charge in [-0.05, 0) is 0 Å². The first-order chi connectivity index (χ1) is 11.8. The molecule has 4 heteroatoms. The zero-order valence-electron chi connectivity index (χ0n) is 13.4. The Hall–Kier alpha value is -1.98. The molecule has 0 saturated heterocycles. The van der Waals surface area contributed by atoms with Crippen molar-refractivity contribution in [3.8, 4) is 0 Å². The molecule has 2 nitrogen and oxygen atoms in total. The number of hydrogen-bond donors (Lipinski definition) is 0. The molecule has 24 heavy (non-hydrogen) atoms. The Morgan fingerprint density at radius 3 is 1.33 bits per heavy atom. The molecule has 0 aliphatic rings. The van der Waals surface area contributed by atoms with E-state index in [0.29, 0.717) is 0 Å². The molecule has 0 bridgehead atoms. The Bertz CT molecular complexity index is 695. The van der Waals surface area contributed by atoms with E-state index in [4.69, 9.17) is 4.74 Å². The molecule has 0 aromatic heterocycles. The number of ether oxygens (including phenoxy) is 1. The quantitative estimate of drug-likeness (QED) is 0.502. The summed E-state index contributed by atoms with van der Waals surface area (Å²) in [6.45, 7) is 0. The second kappa shape index (κ2) is 7.73. The van der Waals surface area contributed by atoms with Gasteiger partial charge in [0.05, 0.1) is 0 Å². The molecule has 0 N–H and O–H groups in total. The van der Waals surface area contributed by atoms with Gasteiger partial charge in [0, 0.05) is 0 Å². The minimum absolute atomic E-state index is 0.230. The van der Waals surface area contributed by atoms with Crippen LogP contribution in [-0.2, 0) is 4.74 Å². The van der Waals surface area contributed by atoms with E-state index in [1.165, 1.54) is 30.4 Å². The molecule has 3 rings (SSSR count). The van der Waals surface area contributed by atoms with Crippen LogP contribution in [0.1, 0.15) is 0 Å². The van der Waals surface area contributed by atoms with Crippen molar-refractivity contribution < 1.29 is 9.53 Å². The summed E-state index contributed by atoms with van der Waals surface area (Å²) in [5, 5.41) is -0.230. The van der Waals surface area contributed by atoms with Crippen LogP contribution in [0.2, 0.25) is 0 Å². The van der Waals surface area contributed by atoms with Crippen LogP contribution in [0.15, 0.2) is 91.0 Å². The monoisotopic (exact) mass is 396 g/mol. The fourth-order valence-electron chi connectivity index (χ4n) is 2.86. The van der Waals surface area contributed by atoms with E-state index in [0.717, 1.165) is 0 Å². The second-order valence-electron chi connectivity index (χ2n) is 5.34. The Labute approximate surface area is 148 Å². The van der Waals surface area contributed by atoms with Crippen LogP contribution in [0.5, 0.6) is 0 Å². The molecule has 0 fully saturated rings. The molecular weight excluding hydrogens is 377 g/mol. The molecule has 0 unspecified atom stereocenters. The van der Waals surface area contributed by atoms with Crippen molar-refractivity contribution in [2.75, 3.05) is 7.11 Å². The van der Waals surface area contributed by atoms with Crippen molar-refractivity contribution in [3.63, 3.8) is 0 Å². The molecule has 3 aromatic rings. The molecule has 0 aliphatic carbocycles. The third-order valence-corrected chi connectivity index (χ3v) is 18.4. The van der Waals surface area contributed by atoms with E-state index in [2.05, 4.69) is 36.4 Å². The van der Waals surface area contributed by atoms with Crippen LogP contribution >= 0.6 is 10.1 Å². The van der Waals surface area contributed by atoms with Gasteiger partial charge >= 0.3 is 148 Å². The fraction of sp³-hybridized carbons (Fsp3) is 0.0500. The minimum atomic E-state index is -3.23. The molecule has 0 saturated carbocycles. The van der Waals surface area contributed by atoms with Crippen LogP contribution in [0, 0.1) is 0 Å². The van der Waals surface area contributed by atoms with Gasteiger partial charge in [-0.15, -0.1) is 0 Å². The number of hydrogen-bond acceptors (Lipinski definition) is 3. The first-order valence-electron chi connectivity index (χ1n) is 7.71. The molecule has 120 valence electrons. The molecule has 0 heterocycles. The summed E-state index contributed by atoms with van der Waals surface area (Å²) in [5.41, 5.74) is 0. The van der Waals surface area contributed by atoms with Crippen LogP contribution in [0.25, 0.3) is 0 Å². The van der Waals surface area contributed by atoms with Crippen LogP contribution in [-0.4, -0.2) is 24.5 Å². The topological polar surface area (TPSA) is 26.3 Å². The second-order valence-corrected chi connectivity index (χ2v) is 16.8. The molecule has 3 aromatic carbocycles. The van der Waals surface area contributed by atoms with E-state index in [-0.39, 0.29) is 5.30 Å². The van der Waals surface area contributed by atoms with Crippen molar-refractivity contribution in [3.05, 3.63) is 91.0 Å². The predicted octanol–water partition coefficient (Wildman–Crippen LogP) is 3.15. The van der Waals surface area contributed by atoms with Crippen LogP contribution < -0.4 is 13.2 Å². The van der Waals surface area contributed by atoms with E-state index >= 15 is 0 Å². The standard InChI is InChI=1S/C20H18GeO2S/c1-23-20(22)24-21(17-11-5-2-6-12-17,18-13-7-3-8-14-18)19-15-9-4-10-16-19/h2-16H,1H3. The number of methoxy groups -OCH3 is 1. The van der Waals surface area contributed by atoms with Crippen molar-refractivity contribution in [1.82, 2.24) is 0 Å². The van der Waals surface area contributed by atoms with Gasteiger partial charge in [0.15, 0.2) is 0 Å². The molecule has 0 radical (unpaired) electrons. The Morgan fingerprint density at radius 1 is 0.708 bits per heavy atom. The van der Waals surface area contributed by atoms with Crippen molar-refractivity contribution in [1.29, 1.82) is 0 Å². The maximum absolute atomic E-state index is 12.3. The fourth-order valence-corrected chi connectivity index (χ4v) is 16.3. The van der Waals surface area contributed by atoms with Crippen molar-refractivity contribution >= 4 is 40.7 Å². The average molecular weight is 395 g/mol. The van der Waals surface area contributed by atoms with Gasteiger partial charge < -0.3 is 0 Å². The summed E-state index contributed by atoms with van der Waals surface area (Å²) in [4.78, 5) is 12.3. The molecule has 0 amide bonds. The molecule has 0 aliphatic heterocycles. The zero-order valence-corrected chi connectivity index (χ0v) is 16.3. The summed E-state index contributed by atoms with van der Waals surface area (Å²) < 4.78 is 8.72. The Morgan fingerprint density at radius 2 is 1.04 bits per heavy atom. The number of carbonyl (C=O) groups excluding carboxylic acids is 1. The summed E-state index contributed by atoms with van der Waals surface area (Å²) in [7, 11) is 2.83. The van der Waals surface area contributed by atoms with Gasteiger partial charge in [-0.2, -0.15) is 0 Å². The SMILES string of the molecule is COC(=O)[S][Ge]([c]1ccccc1)([c]1ccccc1)[c]1ccccc1. The Kier molecular flexibility index (Phi) is 5.43. The van der Waals surface area contributed by atoms with Gasteiger partial charge in [0.2, 0.25) is 0 Å². The third kappa shape index (κ3) is 3.28. The maximum atomic E-state index is 12.3. The van der Waals surface area contributed by atoms with Crippen molar-refractivity contribution in [2.45, 2.75) is 0 Å². The van der Waals surface area contributed by atoms with Gasteiger partial charge in [0.1, 0.15) is 0 Å². The molecule has 0 spiro atoms. The predicted molar refractivity (Wildman–Crippen MR) is 104 cm³/mol. The summed E-state index contributed by atoms with van der Waals surface area (Å²) in [6, 6.07) is 31.1. The summed E-state index contributed by atoms with van der Waals surface area (Å²) in [6.07, 6.45) is 0. The van der Waals surface area contributed by atoms with Gasteiger partial charge in [0.25, 0.3) is 0 Å². The van der Waals surface area contributed by atoms with Gasteiger partial charge in [-0.25, -0.2) is 0 Å². The van der Waals surface area contributed by atoms with Crippen LogP contribution in [0.3, 0.4) is 0 Å². The number of rotatable bonds is 4. The Balaban J connectivity index is 2.30. The van der Waals surface area contributed by atoms with Crippen molar-refractivity contribution in [2.24, 2.45) is 0 Å². The first-order valence-corrected chi connectivity index (χ1v) is 14.2. The van der Waals surface area contributed by atoms with E-state index in [1.807, 2.05) is 54.6 Å². The normalized spacial score (nSPS) is 11.0. The zero-order chi connectivity index (χ0) is 16.8. The summed E-state index contributed by atoms with van der Waals surface area (Å²) >= 11 is -3.23. The average Bonchev–Trinajstić information content (AvgIpc) is 2.68. The van der Waals surface area contributed by atoms with Gasteiger partial charge in [-0.3, -0.25) is 0 Å². The van der Waals surface area contributed by atoms with E-state index in [9.17, 15) is 4.79 Å².